The predicted octanol–water partition coefficient (Wildman–Crippen LogP) is 5.38. The maximum absolute atomic E-state index is 14.6. The van der Waals surface area contributed by atoms with E-state index in [0.717, 1.165) is 5.56 Å². The van der Waals surface area contributed by atoms with Crippen molar-refractivity contribution in [1.29, 1.82) is 0 Å². The van der Waals surface area contributed by atoms with Gasteiger partial charge in [-0.3, -0.25) is 14.4 Å². The Morgan fingerprint density at radius 1 is 0.947 bits per heavy atom. The highest BCUT2D eigenvalue weighted by Gasteiger charge is 2.64. The van der Waals surface area contributed by atoms with E-state index in [0.29, 0.717) is 34.3 Å². The number of hydrogen-bond donors (Lipinski definition) is 0. The summed E-state index contributed by atoms with van der Waals surface area (Å²) >= 11 is 12.3. The van der Waals surface area contributed by atoms with E-state index in [1.807, 2.05) is 24.3 Å². The molecule has 2 aliphatic heterocycles. The Hall–Kier alpha value is -3.65. The summed E-state index contributed by atoms with van der Waals surface area (Å²) in [6, 6.07) is 19.1. The molecule has 0 N–H and O–H groups in total. The second-order valence-corrected chi connectivity index (χ2v) is 10.2. The summed E-state index contributed by atoms with van der Waals surface area (Å²) in [6.45, 7) is 0.788. The van der Waals surface area contributed by atoms with Crippen molar-refractivity contribution < 1.29 is 18.7 Å². The molecule has 3 heterocycles. The van der Waals surface area contributed by atoms with Crippen LogP contribution in [0.2, 0.25) is 10.0 Å². The van der Waals surface area contributed by atoms with Gasteiger partial charge in [-0.05, 0) is 48.4 Å². The number of para-hydroxylation sites is 1. The Bertz CT molecular complexity index is 1670. The molecule has 2 aliphatic rings. The number of benzene rings is 3. The van der Waals surface area contributed by atoms with Gasteiger partial charge >= 0.3 is 0 Å². The maximum Gasteiger partial charge on any atom is 0.291 e. The van der Waals surface area contributed by atoms with Crippen LogP contribution in [0, 0.1) is 0 Å². The first-order chi connectivity index (χ1) is 18.4. The monoisotopic (exact) mass is 548 g/mol. The van der Waals surface area contributed by atoms with Crippen LogP contribution in [0.15, 0.2) is 75.9 Å². The first-order valence-electron chi connectivity index (χ1n) is 12.1. The number of methoxy groups -OCH3 is 1. The van der Waals surface area contributed by atoms with Crippen LogP contribution in [0.4, 0.5) is 5.69 Å². The predicted molar refractivity (Wildman–Crippen MR) is 145 cm³/mol. The van der Waals surface area contributed by atoms with Gasteiger partial charge < -0.3 is 19.0 Å². The molecule has 1 aromatic heterocycles. The van der Waals surface area contributed by atoms with Crippen LogP contribution < -0.4 is 10.3 Å². The van der Waals surface area contributed by atoms with Gasteiger partial charge in [-0.15, -0.1) is 0 Å². The van der Waals surface area contributed by atoms with Crippen LogP contribution in [-0.4, -0.2) is 37.0 Å². The highest BCUT2D eigenvalue weighted by atomic mass is 35.5. The van der Waals surface area contributed by atoms with Crippen molar-refractivity contribution in [3.8, 4) is 0 Å². The zero-order chi connectivity index (χ0) is 26.6. The van der Waals surface area contributed by atoms with Gasteiger partial charge in [-0.2, -0.15) is 0 Å². The molecule has 1 atom stereocenters. The molecule has 0 saturated heterocycles. The first-order valence-corrected chi connectivity index (χ1v) is 12.9. The van der Waals surface area contributed by atoms with E-state index in [1.165, 1.54) is 11.0 Å². The second kappa shape index (κ2) is 9.27. The van der Waals surface area contributed by atoms with Crippen LogP contribution in [0.1, 0.15) is 33.7 Å². The average molecular weight is 549 g/mol. The van der Waals surface area contributed by atoms with Crippen molar-refractivity contribution in [3.63, 3.8) is 0 Å². The zero-order valence-electron chi connectivity index (χ0n) is 20.4. The van der Waals surface area contributed by atoms with Gasteiger partial charge in [0.25, 0.3) is 11.8 Å². The topological polar surface area (TPSA) is 80.1 Å². The second-order valence-electron chi connectivity index (χ2n) is 9.32. The number of carbonyl (C=O) groups excluding carboxylic acids is 2. The van der Waals surface area contributed by atoms with E-state index in [-0.39, 0.29) is 35.4 Å². The lowest BCUT2D eigenvalue weighted by Gasteiger charge is -2.34. The van der Waals surface area contributed by atoms with Gasteiger partial charge in [-0.25, -0.2) is 0 Å². The maximum atomic E-state index is 14.6. The van der Waals surface area contributed by atoms with E-state index >= 15 is 0 Å². The van der Waals surface area contributed by atoms with E-state index < -0.39 is 22.8 Å². The zero-order valence-corrected chi connectivity index (χ0v) is 21.9. The molecule has 192 valence electrons. The Morgan fingerprint density at radius 3 is 2.45 bits per heavy atom. The summed E-state index contributed by atoms with van der Waals surface area (Å²) in [5.41, 5.74) is 0.140. The molecule has 0 saturated carbocycles. The summed E-state index contributed by atoms with van der Waals surface area (Å²) in [5, 5.41) is 1.15. The number of ether oxygens (including phenoxy) is 1. The van der Waals surface area contributed by atoms with Crippen LogP contribution in [0.5, 0.6) is 0 Å². The number of halogens is 2. The molecule has 4 aromatic rings. The molecule has 7 nitrogen and oxygen atoms in total. The van der Waals surface area contributed by atoms with Crippen molar-refractivity contribution in [1.82, 2.24) is 4.90 Å². The van der Waals surface area contributed by atoms with Crippen molar-refractivity contribution in [2.45, 2.75) is 18.5 Å². The fraction of sp³-hybridized carbons (Fsp3) is 0.207. The van der Waals surface area contributed by atoms with Crippen LogP contribution in [-0.2, 0) is 21.6 Å². The lowest BCUT2D eigenvalue weighted by Crippen LogP contribution is -2.53. The Kier molecular flexibility index (Phi) is 6.02. The molecule has 0 bridgehead atoms. The molecule has 9 heteroatoms. The standard InChI is InChI=1S/C29H22Cl2N2O5/c1-37-14-4-13-33-27(35)26-24(25(34)20-15-19(31)11-12-23(20)38-26)29(33)21-5-2-3-6-22(21)32(28(29)36)16-17-7-9-18(30)10-8-17/h2-3,5-12,15H,4,13-14,16H2,1H3. The minimum atomic E-state index is -1.68. The minimum absolute atomic E-state index is 0.0192. The lowest BCUT2D eigenvalue weighted by molar-refractivity contribution is -0.126. The number of rotatable bonds is 6. The summed E-state index contributed by atoms with van der Waals surface area (Å²) in [6.07, 6.45) is 0.462. The van der Waals surface area contributed by atoms with Crippen molar-refractivity contribution in [2.75, 3.05) is 25.2 Å². The summed E-state index contributed by atoms with van der Waals surface area (Å²) in [4.78, 5) is 45.7. The molecule has 2 amide bonds. The molecule has 6 rings (SSSR count). The van der Waals surface area contributed by atoms with Gasteiger partial charge in [0.1, 0.15) is 5.58 Å². The average Bonchev–Trinajstić information content (AvgIpc) is 3.31. The third kappa shape index (κ3) is 3.50. The number of carbonyl (C=O) groups is 2. The Labute approximate surface area is 228 Å². The summed E-state index contributed by atoms with van der Waals surface area (Å²) in [7, 11) is 1.57. The molecular formula is C29H22Cl2N2O5. The quantitative estimate of drug-likeness (QED) is 0.302. The van der Waals surface area contributed by atoms with Crippen LogP contribution in [0.25, 0.3) is 11.0 Å². The van der Waals surface area contributed by atoms with Gasteiger partial charge in [0, 0.05) is 35.9 Å². The third-order valence-electron chi connectivity index (χ3n) is 7.18. The molecule has 1 spiro atoms. The third-order valence-corrected chi connectivity index (χ3v) is 7.67. The van der Waals surface area contributed by atoms with E-state index in [4.69, 9.17) is 32.4 Å². The summed E-state index contributed by atoms with van der Waals surface area (Å²) < 4.78 is 11.3. The van der Waals surface area contributed by atoms with Gasteiger partial charge in [-0.1, -0.05) is 53.5 Å². The molecular weight excluding hydrogens is 527 g/mol. The lowest BCUT2D eigenvalue weighted by atomic mass is 9.84. The molecule has 1 unspecified atom stereocenters. The number of anilines is 1. The molecule has 0 radical (unpaired) electrons. The number of hydrogen-bond acceptors (Lipinski definition) is 5. The van der Waals surface area contributed by atoms with E-state index in [2.05, 4.69) is 0 Å². The Balaban J connectivity index is 1.62. The van der Waals surface area contributed by atoms with Gasteiger partial charge in [0.05, 0.1) is 23.2 Å². The van der Waals surface area contributed by atoms with Crippen LogP contribution >= 0.6 is 23.2 Å². The van der Waals surface area contributed by atoms with Crippen molar-refractivity contribution >= 4 is 51.7 Å². The number of nitrogens with zero attached hydrogens (tertiary/aromatic N) is 2. The normalized spacial score (nSPS) is 18.1. The van der Waals surface area contributed by atoms with Crippen LogP contribution in [0.3, 0.4) is 0 Å². The molecule has 0 aliphatic carbocycles. The molecule has 38 heavy (non-hydrogen) atoms. The highest BCUT2D eigenvalue weighted by molar-refractivity contribution is 6.31. The first kappa shape index (κ1) is 24.7. The number of fused-ring (bicyclic) bond motifs is 5. The van der Waals surface area contributed by atoms with E-state index in [9.17, 15) is 14.4 Å². The largest absolute Gasteiger partial charge is 0.450 e. The van der Waals surface area contributed by atoms with Crippen molar-refractivity contribution in [3.05, 3.63) is 109 Å². The SMILES string of the molecule is COCCCN1C(=O)c2oc3ccc(Cl)cc3c(=O)c2C12C(=O)N(Cc1ccc(Cl)cc1)c1ccccc12. The number of amides is 2. The summed E-state index contributed by atoms with van der Waals surface area (Å²) in [5.74, 6) is -1.04. The molecule has 3 aromatic carbocycles. The Morgan fingerprint density at radius 2 is 1.68 bits per heavy atom. The van der Waals surface area contributed by atoms with Gasteiger partial charge in [0.2, 0.25) is 5.76 Å². The fourth-order valence-corrected chi connectivity index (χ4v) is 5.86. The van der Waals surface area contributed by atoms with E-state index in [1.54, 1.807) is 48.4 Å². The highest BCUT2D eigenvalue weighted by Crippen LogP contribution is 2.53. The van der Waals surface area contributed by atoms with Gasteiger partial charge in [0.15, 0.2) is 11.0 Å². The van der Waals surface area contributed by atoms with Crippen molar-refractivity contribution in [2.24, 2.45) is 0 Å². The smallest absolute Gasteiger partial charge is 0.291 e. The fourth-order valence-electron chi connectivity index (χ4n) is 5.56. The molecule has 0 fully saturated rings. The minimum Gasteiger partial charge on any atom is -0.450 e.